The van der Waals surface area contributed by atoms with E-state index in [4.69, 9.17) is 27.9 Å². The molecule has 1 N–H and O–H groups in total. The van der Waals surface area contributed by atoms with Crippen LogP contribution in [0.4, 0.5) is 0 Å². The van der Waals surface area contributed by atoms with Crippen LogP contribution in [0.2, 0.25) is 0 Å². The highest BCUT2D eigenvalue weighted by Gasteiger charge is 2.75. The molecule has 1 aromatic heterocycles. The molecule has 0 unspecified atom stereocenters. The predicted molar refractivity (Wildman–Crippen MR) is 126 cm³/mol. The van der Waals surface area contributed by atoms with Crippen LogP contribution >= 0.6 is 39.1 Å². The Hall–Kier alpha value is -2.50. The van der Waals surface area contributed by atoms with E-state index in [9.17, 15) is 24.3 Å². The zero-order chi connectivity index (χ0) is 24.7. The number of carbonyl (C=O) groups is 2. The molecule has 1 aromatic carbocycles. The Balaban J connectivity index is 1.84. The van der Waals surface area contributed by atoms with E-state index in [0.29, 0.717) is 5.57 Å². The van der Waals surface area contributed by atoms with Gasteiger partial charge in [-0.15, -0.1) is 23.2 Å². The van der Waals surface area contributed by atoms with Gasteiger partial charge in [-0.25, -0.2) is 23.5 Å². The largest absolute Gasteiger partial charge is 0.504 e. The molecule has 5 rings (SSSR count). The van der Waals surface area contributed by atoms with Crippen molar-refractivity contribution in [3.05, 3.63) is 56.4 Å². The SMILES string of the molecule is COc1cccc([C@H]2C3=CCn4c(=O)n(C)c(=O)n4[C@@H]3C[C@@]3(Cl)C(=O)N(CBr)C(=O)[C@@]23Cl)c1O. The number of amides is 2. The summed E-state index contributed by atoms with van der Waals surface area (Å²) in [5.41, 5.74) is -0.536. The number of nitrogens with zero attached hydrogens (tertiary/aromatic N) is 4. The number of fused-ring (bicyclic) bond motifs is 4. The van der Waals surface area contributed by atoms with E-state index in [1.165, 1.54) is 29.6 Å². The van der Waals surface area contributed by atoms with E-state index in [1.807, 2.05) is 0 Å². The fourth-order valence-corrected chi connectivity index (χ4v) is 6.80. The van der Waals surface area contributed by atoms with E-state index >= 15 is 0 Å². The Morgan fingerprint density at radius 3 is 2.53 bits per heavy atom. The number of allylic oxidation sites excluding steroid dienone is 2. The van der Waals surface area contributed by atoms with Crippen LogP contribution in [-0.4, -0.2) is 58.1 Å². The van der Waals surface area contributed by atoms with Gasteiger partial charge in [-0.2, -0.15) is 0 Å². The second kappa shape index (κ2) is 7.50. The molecule has 2 aromatic rings. The molecule has 3 heterocycles. The smallest absolute Gasteiger partial charge is 0.347 e. The van der Waals surface area contributed by atoms with Crippen LogP contribution in [0.3, 0.4) is 0 Å². The fraction of sp³-hybridized carbons (Fsp3) is 0.429. The maximum Gasteiger partial charge on any atom is 0.347 e. The van der Waals surface area contributed by atoms with Crippen molar-refractivity contribution in [1.29, 1.82) is 0 Å². The third-order valence-corrected chi connectivity index (χ3v) is 8.95. The first-order chi connectivity index (χ1) is 16.0. The molecule has 13 heteroatoms. The van der Waals surface area contributed by atoms with E-state index < -0.39 is 44.9 Å². The molecule has 3 aliphatic rings. The second-order valence-electron chi connectivity index (χ2n) is 8.48. The van der Waals surface area contributed by atoms with Gasteiger partial charge in [0, 0.05) is 24.9 Å². The third kappa shape index (κ3) is 2.57. The Morgan fingerprint density at radius 2 is 1.88 bits per heavy atom. The maximum absolute atomic E-state index is 13.6. The van der Waals surface area contributed by atoms with Crippen molar-refractivity contribution < 1.29 is 19.4 Å². The molecule has 0 bridgehead atoms. The summed E-state index contributed by atoms with van der Waals surface area (Å²) < 4.78 is 8.71. The van der Waals surface area contributed by atoms with E-state index in [2.05, 4.69) is 15.9 Å². The molecule has 2 fully saturated rings. The predicted octanol–water partition coefficient (Wildman–Crippen LogP) is 1.41. The number of rotatable bonds is 3. The molecule has 2 amide bonds. The zero-order valence-corrected chi connectivity index (χ0v) is 21.1. The standard InChI is InChI=1S/C21H19BrCl2N4O6/c1-25-18(32)27-7-6-10-12(28(27)19(25)33)8-20(23)16(30)26(9-22)17(31)21(20,24)14(10)11-4-3-5-13(34-2)15(11)29/h3-6,12,14,29H,7-9H2,1-2H3/t12-,14-,20-,21+/m1/s1. The molecule has 0 spiro atoms. The molecule has 1 aliphatic carbocycles. The lowest BCUT2D eigenvalue weighted by Gasteiger charge is -2.49. The molecule has 1 saturated heterocycles. The zero-order valence-electron chi connectivity index (χ0n) is 18.0. The van der Waals surface area contributed by atoms with Gasteiger partial charge in [0.15, 0.2) is 21.2 Å². The van der Waals surface area contributed by atoms with Crippen LogP contribution in [-0.2, 0) is 23.2 Å². The van der Waals surface area contributed by atoms with Gasteiger partial charge in [0.05, 0.1) is 25.2 Å². The number of carbonyl (C=O) groups excluding carboxylic acids is 2. The van der Waals surface area contributed by atoms with Crippen molar-refractivity contribution >= 4 is 50.9 Å². The van der Waals surface area contributed by atoms with Crippen LogP contribution in [0.1, 0.15) is 23.9 Å². The van der Waals surface area contributed by atoms with Crippen molar-refractivity contribution in [1.82, 2.24) is 18.8 Å². The minimum absolute atomic E-state index is 0.0362. The number of phenolic OH excluding ortho intramolecular Hbond substituents is 1. The van der Waals surface area contributed by atoms with Gasteiger partial charge >= 0.3 is 11.4 Å². The summed E-state index contributed by atoms with van der Waals surface area (Å²) in [7, 11) is 2.74. The van der Waals surface area contributed by atoms with Crippen LogP contribution in [0.5, 0.6) is 11.5 Å². The van der Waals surface area contributed by atoms with Crippen LogP contribution < -0.4 is 16.1 Å². The summed E-state index contributed by atoms with van der Waals surface area (Å²) in [4.78, 5) is 49.6. The lowest BCUT2D eigenvalue weighted by Crippen LogP contribution is -2.59. The molecule has 34 heavy (non-hydrogen) atoms. The first-order valence-electron chi connectivity index (χ1n) is 10.3. The van der Waals surface area contributed by atoms with Crippen molar-refractivity contribution in [2.45, 2.75) is 34.7 Å². The van der Waals surface area contributed by atoms with Crippen molar-refractivity contribution in [3.63, 3.8) is 0 Å². The number of hydrogen-bond acceptors (Lipinski definition) is 6. The number of aromatic hydroxyl groups is 1. The lowest BCUT2D eigenvalue weighted by atomic mass is 9.64. The van der Waals surface area contributed by atoms with E-state index in [0.717, 1.165) is 9.47 Å². The van der Waals surface area contributed by atoms with Crippen molar-refractivity contribution in [2.75, 3.05) is 12.6 Å². The van der Waals surface area contributed by atoms with Crippen molar-refractivity contribution in [2.24, 2.45) is 7.05 Å². The van der Waals surface area contributed by atoms with Crippen molar-refractivity contribution in [3.8, 4) is 11.5 Å². The third-order valence-electron chi connectivity index (χ3n) is 7.03. The Labute approximate surface area is 211 Å². The highest BCUT2D eigenvalue weighted by Crippen LogP contribution is 2.64. The molecule has 10 nitrogen and oxygen atoms in total. The number of likely N-dealkylation sites (tertiary alicyclic amines) is 1. The van der Waals surface area contributed by atoms with Crippen LogP contribution in [0.25, 0.3) is 0 Å². The maximum atomic E-state index is 13.6. The summed E-state index contributed by atoms with van der Waals surface area (Å²) in [6.45, 7) is 0.0362. The Bertz CT molecular complexity index is 1410. The van der Waals surface area contributed by atoms with Gasteiger partial charge in [-0.1, -0.05) is 34.1 Å². The summed E-state index contributed by atoms with van der Waals surface area (Å²) in [6, 6.07) is 3.86. The topological polar surface area (TPSA) is 116 Å². The molecule has 180 valence electrons. The molecular formula is C21H19BrCl2N4O6. The lowest BCUT2D eigenvalue weighted by molar-refractivity contribution is -0.138. The van der Waals surface area contributed by atoms with Gasteiger partial charge in [-0.3, -0.25) is 14.5 Å². The molecule has 1 saturated carbocycles. The highest BCUT2D eigenvalue weighted by atomic mass is 79.9. The average Bonchev–Trinajstić information content (AvgIpc) is 3.12. The van der Waals surface area contributed by atoms with Gasteiger partial charge in [-0.05, 0) is 11.6 Å². The first-order valence-corrected chi connectivity index (χ1v) is 12.2. The number of alkyl halides is 3. The summed E-state index contributed by atoms with van der Waals surface area (Å²) >= 11 is 17.2. The highest BCUT2D eigenvalue weighted by molar-refractivity contribution is 9.09. The number of imide groups is 1. The number of phenols is 1. The summed E-state index contributed by atoms with van der Waals surface area (Å²) in [5.74, 6) is -2.67. The molecule has 0 radical (unpaired) electrons. The fourth-order valence-electron chi connectivity index (χ4n) is 5.41. The van der Waals surface area contributed by atoms with E-state index in [1.54, 1.807) is 18.2 Å². The number of halogens is 3. The normalized spacial score (nSPS) is 30.0. The summed E-state index contributed by atoms with van der Waals surface area (Å²) in [6.07, 6.45) is 1.49. The minimum atomic E-state index is -2.01. The summed E-state index contributed by atoms with van der Waals surface area (Å²) in [5, 5.41) is 11.0. The first kappa shape index (κ1) is 23.3. The van der Waals surface area contributed by atoms with E-state index in [-0.39, 0.29) is 35.5 Å². The van der Waals surface area contributed by atoms with Crippen LogP contribution in [0, 0.1) is 0 Å². The van der Waals surface area contributed by atoms with Gasteiger partial charge < -0.3 is 9.84 Å². The molecular weight excluding hydrogens is 555 g/mol. The number of benzene rings is 1. The molecule has 4 atom stereocenters. The van der Waals surface area contributed by atoms with Crippen LogP contribution in [0.15, 0.2) is 39.4 Å². The Morgan fingerprint density at radius 1 is 1.18 bits per heavy atom. The quantitative estimate of drug-likeness (QED) is 0.257. The number of ether oxygens (including phenoxy) is 1. The minimum Gasteiger partial charge on any atom is -0.504 e. The average molecular weight is 574 g/mol. The molecule has 2 aliphatic heterocycles. The van der Waals surface area contributed by atoms with Gasteiger partial charge in [0.25, 0.3) is 11.8 Å². The number of para-hydroxylation sites is 1. The number of methoxy groups -OCH3 is 1. The number of hydrogen-bond donors (Lipinski definition) is 1. The Kier molecular flexibility index (Phi) is 5.13. The van der Waals surface area contributed by atoms with Gasteiger partial charge in [0.1, 0.15) is 0 Å². The second-order valence-corrected chi connectivity index (χ2v) is 10.2. The monoisotopic (exact) mass is 572 g/mol. The van der Waals surface area contributed by atoms with Gasteiger partial charge in [0.2, 0.25) is 0 Å². The number of aromatic nitrogens is 3.